The van der Waals surface area contributed by atoms with Gasteiger partial charge in [0.05, 0.1) is 0 Å². The normalized spacial score (nSPS) is 10.7. The van der Waals surface area contributed by atoms with Crippen LogP contribution in [0.2, 0.25) is 0 Å². The zero-order chi connectivity index (χ0) is 15.2. The fourth-order valence-corrected chi connectivity index (χ4v) is 1.88. The van der Waals surface area contributed by atoms with E-state index in [2.05, 4.69) is 5.32 Å². The number of hydrogen-bond donors (Lipinski definition) is 1. The van der Waals surface area contributed by atoms with Crippen molar-refractivity contribution in [2.75, 3.05) is 6.54 Å². The van der Waals surface area contributed by atoms with Crippen LogP contribution in [0.3, 0.4) is 0 Å². The largest absolute Gasteiger partial charge is 0.454 e. The Hall–Kier alpha value is -2.01. The molecule has 2 nitrogen and oxygen atoms in total. The molecule has 0 unspecified atom stereocenters. The van der Waals surface area contributed by atoms with E-state index in [9.17, 15) is 13.2 Å². The molecule has 0 fully saturated rings. The van der Waals surface area contributed by atoms with Gasteiger partial charge in [-0.05, 0) is 37.2 Å². The average Bonchev–Trinajstić information content (AvgIpc) is 2.47. The Labute approximate surface area is 121 Å². The van der Waals surface area contributed by atoms with Crippen LogP contribution >= 0.6 is 0 Å². The maximum absolute atomic E-state index is 13.9. The molecule has 0 radical (unpaired) electrons. The predicted octanol–water partition coefficient (Wildman–Crippen LogP) is 4.40. The van der Waals surface area contributed by atoms with Crippen LogP contribution in [0.4, 0.5) is 13.2 Å². The third kappa shape index (κ3) is 3.76. The van der Waals surface area contributed by atoms with E-state index in [1.54, 1.807) is 0 Å². The van der Waals surface area contributed by atoms with Crippen molar-refractivity contribution in [1.29, 1.82) is 0 Å². The van der Waals surface area contributed by atoms with Crippen molar-refractivity contribution in [3.8, 4) is 11.5 Å². The molecule has 0 aliphatic rings. The quantitative estimate of drug-likeness (QED) is 0.798. The van der Waals surface area contributed by atoms with Crippen LogP contribution in [0.15, 0.2) is 36.4 Å². The summed E-state index contributed by atoms with van der Waals surface area (Å²) in [6, 6.07) is 7.92. The maximum atomic E-state index is 13.9. The van der Waals surface area contributed by atoms with Crippen LogP contribution in [0.5, 0.6) is 11.5 Å². The molecule has 112 valence electrons. The summed E-state index contributed by atoms with van der Waals surface area (Å²) in [6.07, 6.45) is 0.906. The lowest BCUT2D eigenvalue weighted by atomic mass is 10.2. The van der Waals surface area contributed by atoms with Gasteiger partial charge in [0.2, 0.25) is 5.82 Å². The highest BCUT2D eigenvalue weighted by Gasteiger charge is 2.14. The van der Waals surface area contributed by atoms with Crippen molar-refractivity contribution < 1.29 is 17.9 Å². The van der Waals surface area contributed by atoms with Crippen molar-refractivity contribution in [2.45, 2.75) is 19.9 Å². The molecular weight excluding hydrogens is 279 g/mol. The molecule has 0 amide bonds. The lowest BCUT2D eigenvalue weighted by Crippen LogP contribution is -2.15. The van der Waals surface area contributed by atoms with Gasteiger partial charge in [-0.1, -0.05) is 19.1 Å². The maximum Gasteiger partial charge on any atom is 0.201 e. The molecule has 5 heteroatoms. The molecule has 0 heterocycles. The highest BCUT2D eigenvalue weighted by atomic mass is 19.2. The van der Waals surface area contributed by atoms with Crippen LogP contribution in [0.1, 0.15) is 18.9 Å². The van der Waals surface area contributed by atoms with Crippen molar-refractivity contribution in [1.82, 2.24) is 5.32 Å². The monoisotopic (exact) mass is 295 g/mol. The van der Waals surface area contributed by atoms with Gasteiger partial charge in [0.1, 0.15) is 11.6 Å². The van der Waals surface area contributed by atoms with Gasteiger partial charge in [-0.3, -0.25) is 0 Å². The summed E-state index contributed by atoms with van der Waals surface area (Å²) in [5, 5.41) is 3.06. The molecule has 1 N–H and O–H groups in total. The van der Waals surface area contributed by atoms with Gasteiger partial charge in [-0.25, -0.2) is 8.78 Å². The first kappa shape index (κ1) is 15.4. The summed E-state index contributed by atoms with van der Waals surface area (Å²) in [5.74, 6) is -2.64. The minimum absolute atomic E-state index is 0.170. The van der Waals surface area contributed by atoms with Gasteiger partial charge in [-0.2, -0.15) is 4.39 Å². The predicted molar refractivity (Wildman–Crippen MR) is 74.8 cm³/mol. The minimum atomic E-state index is -1.09. The van der Waals surface area contributed by atoms with Crippen molar-refractivity contribution in [2.24, 2.45) is 0 Å². The van der Waals surface area contributed by atoms with E-state index in [0.717, 1.165) is 19.0 Å². The Morgan fingerprint density at radius 2 is 1.62 bits per heavy atom. The molecule has 0 bridgehead atoms. The molecule has 21 heavy (non-hydrogen) atoms. The zero-order valence-electron chi connectivity index (χ0n) is 11.6. The Balaban J connectivity index is 2.27. The zero-order valence-corrected chi connectivity index (χ0v) is 11.6. The lowest BCUT2D eigenvalue weighted by Gasteiger charge is -2.13. The third-order valence-corrected chi connectivity index (χ3v) is 2.94. The molecular formula is C16H16F3NO. The highest BCUT2D eigenvalue weighted by molar-refractivity contribution is 5.39. The van der Waals surface area contributed by atoms with Crippen LogP contribution in [-0.2, 0) is 6.54 Å². The molecule has 0 aromatic heterocycles. The van der Waals surface area contributed by atoms with Gasteiger partial charge in [0, 0.05) is 12.1 Å². The van der Waals surface area contributed by atoms with Crippen LogP contribution in [-0.4, -0.2) is 6.54 Å². The smallest absolute Gasteiger partial charge is 0.201 e. The number of hydrogen-bond acceptors (Lipinski definition) is 2. The van der Waals surface area contributed by atoms with Gasteiger partial charge >= 0.3 is 0 Å². The second kappa shape index (κ2) is 7.13. The van der Waals surface area contributed by atoms with E-state index in [1.807, 2.05) is 6.92 Å². The number of ether oxygens (including phenoxy) is 1. The topological polar surface area (TPSA) is 21.3 Å². The van der Waals surface area contributed by atoms with E-state index in [4.69, 9.17) is 4.74 Å². The molecule has 0 aliphatic heterocycles. The third-order valence-electron chi connectivity index (χ3n) is 2.94. The van der Waals surface area contributed by atoms with Crippen LogP contribution in [0.25, 0.3) is 0 Å². The molecule has 0 saturated carbocycles. The van der Waals surface area contributed by atoms with E-state index in [0.29, 0.717) is 0 Å². The van der Waals surface area contributed by atoms with Gasteiger partial charge in [0.25, 0.3) is 0 Å². The van der Waals surface area contributed by atoms with Crippen LogP contribution in [0, 0.1) is 17.5 Å². The van der Waals surface area contributed by atoms with Crippen molar-refractivity contribution in [3.05, 3.63) is 59.4 Å². The van der Waals surface area contributed by atoms with E-state index < -0.39 is 17.5 Å². The van der Waals surface area contributed by atoms with E-state index >= 15 is 0 Å². The summed E-state index contributed by atoms with van der Waals surface area (Å²) in [6.45, 7) is 2.97. The average molecular weight is 295 g/mol. The first-order valence-electron chi connectivity index (χ1n) is 6.73. The lowest BCUT2D eigenvalue weighted by molar-refractivity contribution is 0.408. The Morgan fingerprint density at radius 1 is 0.952 bits per heavy atom. The summed E-state index contributed by atoms with van der Waals surface area (Å²) in [7, 11) is 0. The molecule has 0 saturated heterocycles. The summed E-state index contributed by atoms with van der Waals surface area (Å²) in [4.78, 5) is 0. The Kier molecular flexibility index (Phi) is 5.22. The second-order valence-electron chi connectivity index (χ2n) is 4.55. The summed E-state index contributed by atoms with van der Waals surface area (Å²) < 4.78 is 46.0. The SMILES string of the molecule is CCCNCc1c(F)cccc1Oc1cccc(F)c1F. The number of benzene rings is 2. The van der Waals surface area contributed by atoms with Gasteiger partial charge in [0.15, 0.2) is 11.6 Å². The number of rotatable bonds is 6. The Bertz CT molecular complexity index is 616. The van der Waals surface area contributed by atoms with Crippen molar-refractivity contribution in [3.63, 3.8) is 0 Å². The molecule has 2 rings (SSSR count). The second-order valence-corrected chi connectivity index (χ2v) is 4.55. The fraction of sp³-hybridized carbons (Fsp3) is 0.250. The molecule has 0 aliphatic carbocycles. The van der Waals surface area contributed by atoms with E-state index in [-0.39, 0.29) is 23.6 Å². The van der Waals surface area contributed by atoms with Crippen molar-refractivity contribution >= 4 is 0 Å². The Morgan fingerprint density at radius 3 is 2.33 bits per heavy atom. The number of nitrogens with one attached hydrogen (secondary N) is 1. The molecule has 2 aromatic carbocycles. The first-order chi connectivity index (χ1) is 10.1. The summed E-state index contributed by atoms with van der Waals surface area (Å²) >= 11 is 0. The fourth-order valence-electron chi connectivity index (χ4n) is 1.88. The van der Waals surface area contributed by atoms with E-state index in [1.165, 1.54) is 30.3 Å². The van der Waals surface area contributed by atoms with Gasteiger partial charge < -0.3 is 10.1 Å². The first-order valence-corrected chi connectivity index (χ1v) is 6.73. The van der Waals surface area contributed by atoms with Gasteiger partial charge in [-0.15, -0.1) is 0 Å². The summed E-state index contributed by atoms with van der Waals surface area (Å²) in [5.41, 5.74) is 0.287. The van der Waals surface area contributed by atoms with Crippen LogP contribution < -0.4 is 10.1 Å². The standard InChI is InChI=1S/C16H16F3NO/c1-2-9-20-10-11-12(17)5-3-7-14(11)21-15-8-4-6-13(18)16(15)19/h3-8,20H,2,9-10H2,1H3. The molecule has 0 spiro atoms. The molecule has 0 atom stereocenters. The molecule has 2 aromatic rings. The number of halogens is 3. The minimum Gasteiger partial charge on any atom is -0.454 e. The highest BCUT2D eigenvalue weighted by Crippen LogP contribution is 2.29.